The fourth-order valence-electron chi connectivity index (χ4n) is 5.33. The lowest BCUT2D eigenvalue weighted by atomic mass is 10.1. The molecule has 9 nitrogen and oxygen atoms in total. The highest BCUT2D eigenvalue weighted by Crippen LogP contribution is 2.27. The number of fused-ring (bicyclic) bond motifs is 2. The van der Waals surface area contributed by atoms with Gasteiger partial charge in [-0.25, -0.2) is 4.98 Å². The molecule has 222 valence electrons. The molecule has 1 aromatic carbocycles. The van der Waals surface area contributed by atoms with Gasteiger partial charge in [0.05, 0.1) is 17.2 Å². The average Bonchev–Trinajstić information content (AvgIpc) is 3.65. The Hall–Kier alpha value is -3.49. The van der Waals surface area contributed by atoms with E-state index in [2.05, 4.69) is 69.3 Å². The van der Waals surface area contributed by atoms with E-state index in [4.69, 9.17) is 9.47 Å². The maximum Gasteiger partial charge on any atom is 0.256 e. The molecule has 3 aromatic heterocycles. The molecule has 5 rings (SSSR count). The first-order valence-electron chi connectivity index (χ1n) is 14.7. The second kappa shape index (κ2) is 13.2. The number of nitrogens with zero attached hydrogens (tertiary/aromatic N) is 5. The van der Waals surface area contributed by atoms with Gasteiger partial charge in [0.2, 0.25) is 0 Å². The summed E-state index contributed by atoms with van der Waals surface area (Å²) in [5.74, 6) is 6.28. The van der Waals surface area contributed by atoms with Crippen LogP contribution < -0.4 is 5.32 Å². The summed E-state index contributed by atoms with van der Waals surface area (Å²) in [5.41, 5.74) is 3.70. The summed E-state index contributed by atoms with van der Waals surface area (Å²) >= 11 is 0. The van der Waals surface area contributed by atoms with Gasteiger partial charge in [0.1, 0.15) is 25.7 Å². The van der Waals surface area contributed by atoms with E-state index < -0.39 is 8.07 Å². The first-order valence-corrected chi connectivity index (χ1v) is 18.4. The summed E-state index contributed by atoms with van der Waals surface area (Å²) in [4.78, 5) is 20.4. The van der Waals surface area contributed by atoms with E-state index in [0.717, 1.165) is 47.5 Å². The van der Waals surface area contributed by atoms with Crippen LogP contribution in [0.2, 0.25) is 25.7 Å². The summed E-state index contributed by atoms with van der Waals surface area (Å²) in [6, 6.07) is 11.4. The molecule has 0 radical (unpaired) electrons. The Morgan fingerprint density at radius 3 is 2.71 bits per heavy atom. The molecular weight excluding hydrogens is 544 g/mol. The standard InChI is InChI=1S/C32H42N6O3Si/c1-24-9-8-12-36(24)22-28-18-27-20-33-31(19-30(27)37(28)23-41-15-16-42(3,4)5)35-32(39)25-10-11-29-26(17-25)21-34-38(29)13-6-7-14-40-2/h10-11,17-21,24H,8-9,12-16,22-23H2,1-5H3,(H,33,35,39)/t24-/m0/s1. The maximum atomic E-state index is 13.3. The minimum atomic E-state index is -1.19. The second-order valence-corrected chi connectivity index (χ2v) is 17.9. The number of anilines is 1. The third-order valence-corrected chi connectivity index (χ3v) is 9.56. The Bertz CT molecular complexity index is 1610. The van der Waals surface area contributed by atoms with Crippen LogP contribution in [-0.4, -0.2) is 71.1 Å². The van der Waals surface area contributed by atoms with E-state index in [1.165, 1.54) is 18.5 Å². The molecule has 42 heavy (non-hydrogen) atoms. The van der Waals surface area contributed by atoms with Gasteiger partial charge in [-0.2, -0.15) is 5.10 Å². The van der Waals surface area contributed by atoms with Crippen molar-refractivity contribution in [2.24, 2.45) is 0 Å². The number of methoxy groups -OCH3 is 1. The molecule has 1 atom stereocenters. The van der Waals surface area contributed by atoms with Crippen LogP contribution >= 0.6 is 0 Å². The molecule has 4 heterocycles. The van der Waals surface area contributed by atoms with Crippen LogP contribution in [0.3, 0.4) is 0 Å². The predicted molar refractivity (Wildman–Crippen MR) is 170 cm³/mol. The van der Waals surface area contributed by atoms with Gasteiger partial charge in [-0.05, 0) is 56.6 Å². The first kappa shape index (κ1) is 30.0. The van der Waals surface area contributed by atoms with Gasteiger partial charge in [0.15, 0.2) is 0 Å². The Balaban J connectivity index is 1.34. The lowest BCUT2D eigenvalue weighted by molar-refractivity contribution is 0.0863. The largest absolute Gasteiger partial charge is 0.372 e. The predicted octanol–water partition coefficient (Wildman–Crippen LogP) is 5.58. The lowest BCUT2D eigenvalue weighted by Crippen LogP contribution is -2.27. The van der Waals surface area contributed by atoms with Crippen LogP contribution in [-0.2, 0) is 29.3 Å². The molecule has 0 aliphatic carbocycles. The van der Waals surface area contributed by atoms with Crippen molar-refractivity contribution in [2.75, 3.05) is 32.2 Å². The topological polar surface area (TPSA) is 86.4 Å². The summed E-state index contributed by atoms with van der Waals surface area (Å²) in [5, 5.41) is 9.35. The van der Waals surface area contributed by atoms with Gasteiger partial charge in [-0.15, -0.1) is 0 Å². The number of hydrogen-bond donors (Lipinski definition) is 1. The zero-order valence-corrected chi connectivity index (χ0v) is 26.4. The highest BCUT2D eigenvalue weighted by Gasteiger charge is 2.23. The molecule has 1 aliphatic heterocycles. The number of carbonyl (C=O) groups is 1. The maximum absolute atomic E-state index is 13.3. The molecule has 1 amide bonds. The van der Waals surface area contributed by atoms with E-state index >= 15 is 0 Å². The summed E-state index contributed by atoms with van der Waals surface area (Å²) < 4.78 is 15.2. The molecule has 10 heteroatoms. The van der Waals surface area contributed by atoms with E-state index in [1.54, 1.807) is 19.4 Å². The van der Waals surface area contributed by atoms with Crippen LogP contribution in [0.5, 0.6) is 0 Å². The molecule has 4 aromatic rings. The van der Waals surface area contributed by atoms with Gasteiger partial charge >= 0.3 is 0 Å². The normalized spacial score (nSPS) is 15.8. The van der Waals surface area contributed by atoms with Crippen LogP contribution in [0.15, 0.2) is 42.7 Å². The quantitative estimate of drug-likeness (QED) is 0.140. The molecule has 1 N–H and O–H groups in total. The number of carbonyl (C=O) groups excluding carboxylic acids is 1. The number of amides is 1. The van der Waals surface area contributed by atoms with Crippen molar-refractivity contribution < 1.29 is 14.3 Å². The van der Waals surface area contributed by atoms with Crippen molar-refractivity contribution in [2.45, 2.75) is 71.3 Å². The average molecular weight is 587 g/mol. The van der Waals surface area contributed by atoms with Crippen LogP contribution in [0, 0.1) is 11.8 Å². The molecule has 0 saturated carbocycles. The van der Waals surface area contributed by atoms with Gasteiger partial charge in [0.25, 0.3) is 5.91 Å². The van der Waals surface area contributed by atoms with Crippen molar-refractivity contribution in [1.82, 2.24) is 24.2 Å². The summed E-state index contributed by atoms with van der Waals surface area (Å²) in [6.45, 7) is 13.5. The number of likely N-dealkylation sites (tertiary alicyclic amines) is 1. The number of ether oxygens (including phenoxy) is 2. The SMILES string of the molecule is COCC#CCn1ncc2cc(C(=O)Nc3cc4c(cn3)cc(CN3CCC[C@@H]3C)n4COCC[Si](C)(C)C)ccc21. The van der Waals surface area contributed by atoms with Crippen molar-refractivity contribution in [3.05, 3.63) is 54.0 Å². The van der Waals surface area contributed by atoms with Crippen LogP contribution in [0.25, 0.3) is 21.8 Å². The van der Waals surface area contributed by atoms with Gasteiger partial charge in [-0.3, -0.25) is 14.4 Å². The number of rotatable bonds is 11. The van der Waals surface area contributed by atoms with Crippen molar-refractivity contribution in [3.63, 3.8) is 0 Å². The lowest BCUT2D eigenvalue weighted by Gasteiger charge is -2.22. The number of aromatic nitrogens is 4. The van der Waals surface area contributed by atoms with Gasteiger partial charge in [-0.1, -0.05) is 31.5 Å². The fourth-order valence-corrected chi connectivity index (χ4v) is 6.09. The third kappa shape index (κ3) is 7.28. The Morgan fingerprint density at radius 2 is 1.95 bits per heavy atom. The van der Waals surface area contributed by atoms with Gasteiger partial charge < -0.3 is 19.4 Å². The molecule has 0 unspecified atom stereocenters. The second-order valence-electron chi connectivity index (χ2n) is 12.3. The van der Waals surface area contributed by atoms with E-state index in [9.17, 15) is 4.79 Å². The van der Waals surface area contributed by atoms with E-state index in [1.807, 2.05) is 29.1 Å². The molecular formula is C32H42N6O3Si. The molecule has 1 saturated heterocycles. The molecule has 1 fully saturated rings. The van der Waals surface area contributed by atoms with Crippen molar-refractivity contribution in [1.29, 1.82) is 0 Å². The Morgan fingerprint density at radius 1 is 1.12 bits per heavy atom. The summed E-state index contributed by atoms with van der Waals surface area (Å²) in [6.07, 6.45) is 6.07. The summed E-state index contributed by atoms with van der Waals surface area (Å²) in [7, 11) is 0.433. The van der Waals surface area contributed by atoms with Gasteiger partial charge in [0, 0.05) is 68.7 Å². The van der Waals surface area contributed by atoms with Crippen LogP contribution in [0.4, 0.5) is 5.82 Å². The fraction of sp³-hybridized carbons (Fsp3) is 0.469. The minimum Gasteiger partial charge on any atom is -0.372 e. The number of pyridine rings is 1. The van der Waals surface area contributed by atoms with E-state index in [-0.39, 0.29) is 5.91 Å². The minimum absolute atomic E-state index is 0.216. The zero-order chi connectivity index (χ0) is 29.7. The third-order valence-electron chi connectivity index (χ3n) is 7.86. The molecule has 0 spiro atoms. The van der Waals surface area contributed by atoms with Crippen molar-refractivity contribution in [3.8, 4) is 11.8 Å². The van der Waals surface area contributed by atoms with Crippen molar-refractivity contribution >= 4 is 41.6 Å². The number of nitrogens with one attached hydrogen (secondary N) is 1. The first-order chi connectivity index (χ1) is 20.2. The number of hydrogen-bond acceptors (Lipinski definition) is 6. The van der Waals surface area contributed by atoms with Crippen LogP contribution in [0.1, 0.15) is 35.8 Å². The smallest absolute Gasteiger partial charge is 0.256 e. The molecule has 0 bridgehead atoms. The molecule has 1 aliphatic rings. The monoisotopic (exact) mass is 586 g/mol. The van der Waals surface area contributed by atoms with E-state index in [0.29, 0.717) is 37.3 Å². The zero-order valence-electron chi connectivity index (χ0n) is 25.4. The highest BCUT2D eigenvalue weighted by atomic mass is 28.3. The Kier molecular flexibility index (Phi) is 9.43. The Labute approximate surface area is 249 Å². The highest BCUT2D eigenvalue weighted by molar-refractivity contribution is 6.76. The number of benzene rings is 1.